The molecule has 1 aliphatic rings. The van der Waals surface area contributed by atoms with Crippen LogP contribution in [0.2, 0.25) is 0 Å². The highest BCUT2D eigenvalue weighted by Gasteiger charge is 2.43. The molecule has 0 fully saturated rings. The summed E-state index contributed by atoms with van der Waals surface area (Å²) in [4.78, 5) is 25.7. The number of amides is 1. The van der Waals surface area contributed by atoms with Crippen LogP contribution < -0.4 is 0 Å². The van der Waals surface area contributed by atoms with Crippen LogP contribution in [0.3, 0.4) is 0 Å². The van der Waals surface area contributed by atoms with Crippen LogP contribution >= 0.6 is 0 Å². The number of phenolic OH excluding ortho intramolecular Hbond substituents is 2. The van der Waals surface area contributed by atoms with Gasteiger partial charge >= 0.3 is 0 Å². The van der Waals surface area contributed by atoms with E-state index in [2.05, 4.69) is 0 Å². The highest BCUT2D eigenvalue weighted by Crippen LogP contribution is 2.41. The predicted molar refractivity (Wildman–Crippen MR) is 90.3 cm³/mol. The Balaban J connectivity index is 2.34. The molecule has 1 amide bonds. The lowest BCUT2D eigenvalue weighted by atomic mass is 9.95. The van der Waals surface area contributed by atoms with Crippen molar-refractivity contribution in [3.05, 3.63) is 35.1 Å². The second-order valence-electron chi connectivity index (χ2n) is 6.24. The molecule has 2 rings (SSSR count). The summed E-state index contributed by atoms with van der Waals surface area (Å²) in [6, 6.07) is 3.02. The van der Waals surface area contributed by atoms with Gasteiger partial charge in [-0.3, -0.25) is 9.59 Å². The number of carbonyl (C=O) groups is 2. The highest BCUT2D eigenvalue weighted by atomic mass is 16.5. The summed E-state index contributed by atoms with van der Waals surface area (Å²) >= 11 is 0. The smallest absolute Gasteiger partial charge is 0.290 e. The van der Waals surface area contributed by atoms with Crippen LogP contribution in [0.4, 0.5) is 0 Å². The van der Waals surface area contributed by atoms with Crippen LogP contribution in [0.15, 0.2) is 29.5 Å². The van der Waals surface area contributed by atoms with E-state index in [1.807, 2.05) is 13.8 Å². The zero-order chi connectivity index (χ0) is 18.7. The Labute approximate surface area is 146 Å². The van der Waals surface area contributed by atoms with Crippen molar-refractivity contribution >= 4 is 11.7 Å². The van der Waals surface area contributed by atoms with Crippen LogP contribution in [0.5, 0.6) is 11.5 Å². The largest absolute Gasteiger partial charge is 0.508 e. The molecule has 0 bridgehead atoms. The minimum atomic E-state index is -0.898. The third kappa shape index (κ3) is 3.93. The van der Waals surface area contributed by atoms with Crippen molar-refractivity contribution in [3.63, 3.8) is 0 Å². The van der Waals surface area contributed by atoms with Gasteiger partial charge in [0, 0.05) is 24.8 Å². The van der Waals surface area contributed by atoms with Gasteiger partial charge in [0.15, 0.2) is 11.5 Å². The van der Waals surface area contributed by atoms with Gasteiger partial charge < -0.3 is 25.0 Å². The summed E-state index contributed by atoms with van der Waals surface area (Å²) in [6.07, 6.45) is 0.572. The Kier molecular flexibility index (Phi) is 5.69. The zero-order valence-corrected chi connectivity index (χ0v) is 14.5. The fraction of sp³-hybridized carbons (Fsp3) is 0.444. The molecule has 1 unspecified atom stereocenters. The summed E-state index contributed by atoms with van der Waals surface area (Å²) in [7, 11) is 0. The SMILES string of the molecule is CC(=O)C1=C(O)C(=O)N(CCCOC(C)C)C1c1ccc(O)cc1O. The van der Waals surface area contributed by atoms with Gasteiger partial charge in [-0.25, -0.2) is 0 Å². The van der Waals surface area contributed by atoms with Gasteiger partial charge in [-0.1, -0.05) is 0 Å². The second-order valence-corrected chi connectivity index (χ2v) is 6.24. The van der Waals surface area contributed by atoms with E-state index in [0.717, 1.165) is 6.07 Å². The van der Waals surface area contributed by atoms with Crippen molar-refractivity contribution in [1.29, 1.82) is 0 Å². The minimum Gasteiger partial charge on any atom is -0.508 e. The van der Waals surface area contributed by atoms with Gasteiger partial charge in [0.1, 0.15) is 11.5 Å². The minimum absolute atomic E-state index is 0.0595. The van der Waals surface area contributed by atoms with Crippen molar-refractivity contribution in [3.8, 4) is 11.5 Å². The number of hydrogen-bond acceptors (Lipinski definition) is 6. The van der Waals surface area contributed by atoms with Crippen molar-refractivity contribution in [2.75, 3.05) is 13.2 Å². The van der Waals surface area contributed by atoms with E-state index in [9.17, 15) is 24.9 Å². The van der Waals surface area contributed by atoms with E-state index in [4.69, 9.17) is 4.74 Å². The fourth-order valence-electron chi connectivity index (χ4n) is 2.88. The molecule has 0 aliphatic carbocycles. The van der Waals surface area contributed by atoms with Gasteiger partial charge in [0.2, 0.25) is 0 Å². The first-order valence-electron chi connectivity index (χ1n) is 8.12. The summed E-state index contributed by atoms with van der Waals surface area (Å²) < 4.78 is 5.45. The molecule has 0 saturated heterocycles. The number of ketones is 1. The van der Waals surface area contributed by atoms with Crippen LogP contribution in [0.1, 0.15) is 38.8 Å². The fourth-order valence-corrected chi connectivity index (χ4v) is 2.88. The van der Waals surface area contributed by atoms with Crippen molar-refractivity contribution < 1.29 is 29.6 Å². The summed E-state index contributed by atoms with van der Waals surface area (Å²) in [5.74, 6) is -2.11. The molecule has 0 aromatic heterocycles. The molecule has 0 radical (unpaired) electrons. The lowest BCUT2D eigenvalue weighted by Crippen LogP contribution is -2.32. The van der Waals surface area contributed by atoms with Gasteiger partial charge in [0.25, 0.3) is 5.91 Å². The number of aliphatic hydroxyl groups excluding tert-OH is 1. The number of ether oxygens (including phenoxy) is 1. The number of nitrogens with zero attached hydrogens (tertiary/aromatic N) is 1. The molecule has 0 spiro atoms. The maximum Gasteiger partial charge on any atom is 0.290 e. The molecule has 1 heterocycles. The Morgan fingerprint density at radius 2 is 1.96 bits per heavy atom. The lowest BCUT2D eigenvalue weighted by Gasteiger charge is -2.27. The van der Waals surface area contributed by atoms with E-state index in [1.54, 1.807) is 0 Å². The van der Waals surface area contributed by atoms with Crippen LogP contribution in [0, 0.1) is 0 Å². The van der Waals surface area contributed by atoms with E-state index < -0.39 is 23.5 Å². The monoisotopic (exact) mass is 349 g/mol. The molecule has 3 N–H and O–H groups in total. The molecule has 1 aromatic rings. The number of aliphatic hydroxyl groups is 1. The molecular formula is C18H23NO6. The summed E-state index contributed by atoms with van der Waals surface area (Å²) in [5, 5.41) is 29.7. The Bertz CT molecular complexity index is 710. The average molecular weight is 349 g/mol. The van der Waals surface area contributed by atoms with E-state index in [-0.39, 0.29) is 35.3 Å². The van der Waals surface area contributed by atoms with E-state index >= 15 is 0 Å². The Morgan fingerprint density at radius 1 is 1.28 bits per heavy atom. The quantitative estimate of drug-likeness (QED) is 0.652. The van der Waals surface area contributed by atoms with Crippen LogP contribution in [-0.4, -0.2) is 51.2 Å². The molecular weight excluding hydrogens is 326 g/mol. The molecule has 136 valence electrons. The number of rotatable bonds is 7. The first-order chi connectivity index (χ1) is 11.7. The predicted octanol–water partition coefficient (Wildman–Crippen LogP) is 2.20. The van der Waals surface area contributed by atoms with Crippen molar-refractivity contribution in [2.45, 2.75) is 39.3 Å². The molecule has 25 heavy (non-hydrogen) atoms. The molecule has 1 atom stereocenters. The molecule has 1 aliphatic heterocycles. The van der Waals surface area contributed by atoms with Crippen LogP contribution in [-0.2, 0) is 14.3 Å². The van der Waals surface area contributed by atoms with E-state index in [1.165, 1.54) is 24.0 Å². The first kappa shape index (κ1) is 18.8. The number of carbonyl (C=O) groups excluding carboxylic acids is 2. The maximum atomic E-state index is 12.4. The number of phenols is 2. The molecule has 7 heteroatoms. The van der Waals surface area contributed by atoms with Gasteiger partial charge in [0.05, 0.1) is 17.7 Å². The number of Topliss-reactive ketones (excluding diaryl/α,β-unsaturated/α-hetero) is 1. The third-order valence-corrected chi connectivity index (χ3v) is 3.99. The maximum absolute atomic E-state index is 12.4. The van der Waals surface area contributed by atoms with Gasteiger partial charge in [-0.15, -0.1) is 0 Å². The number of aromatic hydroxyl groups is 2. The molecule has 1 aromatic carbocycles. The molecule has 0 saturated carbocycles. The topological polar surface area (TPSA) is 107 Å². The van der Waals surface area contributed by atoms with Gasteiger partial charge in [-0.05, 0) is 39.3 Å². The number of benzene rings is 1. The Morgan fingerprint density at radius 3 is 2.52 bits per heavy atom. The summed E-state index contributed by atoms with van der Waals surface area (Å²) in [5.41, 5.74) is 0.209. The first-order valence-corrected chi connectivity index (χ1v) is 8.12. The third-order valence-electron chi connectivity index (χ3n) is 3.99. The Hall–Kier alpha value is -2.54. The zero-order valence-electron chi connectivity index (χ0n) is 14.5. The highest BCUT2D eigenvalue weighted by molar-refractivity contribution is 6.08. The summed E-state index contributed by atoms with van der Waals surface area (Å²) in [6.45, 7) is 5.73. The van der Waals surface area contributed by atoms with Crippen molar-refractivity contribution in [2.24, 2.45) is 0 Å². The average Bonchev–Trinajstić information content (AvgIpc) is 2.76. The molecule has 7 nitrogen and oxygen atoms in total. The lowest BCUT2D eigenvalue weighted by molar-refractivity contribution is -0.129. The van der Waals surface area contributed by atoms with Crippen molar-refractivity contribution in [1.82, 2.24) is 4.90 Å². The van der Waals surface area contributed by atoms with Gasteiger partial charge in [-0.2, -0.15) is 0 Å². The number of hydrogen-bond donors (Lipinski definition) is 3. The normalized spacial score (nSPS) is 17.7. The standard InChI is InChI=1S/C18H23NO6/c1-10(2)25-8-4-7-19-16(13-6-5-12(21)9-14(13)22)15(11(3)20)17(23)18(19)24/h5-6,9-10,16,21-23H,4,7-8H2,1-3H3. The van der Waals surface area contributed by atoms with E-state index in [0.29, 0.717) is 13.0 Å². The van der Waals surface area contributed by atoms with Crippen LogP contribution in [0.25, 0.3) is 0 Å². The second kappa shape index (κ2) is 7.57.